The van der Waals surface area contributed by atoms with Crippen LogP contribution in [0.3, 0.4) is 0 Å². The molecular formula is C17H20N2O2. The van der Waals surface area contributed by atoms with Crippen molar-refractivity contribution in [2.24, 2.45) is 5.92 Å². The molecule has 1 fully saturated rings. The van der Waals surface area contributed by atoms with Crippen molar-refractivity contribution in [2.75, 3.05) is 12.8 Å². The molecule has 1 saturated carbocycles. The zero-order valence-corrected chi connectivity index (χ0v) is 12.4. The van der Waals surface area contributed by atoms with E-state index in [0.29, 0.717) is 23.7 Å². The molecule has 21 heavy (non-hydrogen) atoms. The quantitative estimate of drug-likeness (QED) is 0.877. The van der Waals surface area contributed by atoms with Crippen LogP contribution in [-0.2, 0) is 6.54 Å². The minimum atomic E-state index is -0.0345. The fourth-order valence-electron chi connectivity index (χ4n) is 2.55. The summed E-state index contributed by atoms with van der Waals surface area (Å²) in [6, 6.07) is 11.0. The van der Waals surface area contributed by atoms with E-state index in [1.165, 1.54) is 6.42 Å². The van der Waals surface area contributed by atoms with Gasteiger partial charge in [-0.25, -0.2) is 0 Å². The fourth-order valence-corrected chi connectivity index (χ4v) is 2.55. The van der Waals surface area contributed by atoms with Gasteiger partial charge in [-0.3, -0.25) is 4.79 Å². The number of benzene rings is 1. The molecule has 4 heteroatoms. The Hall–Kier alpha value is -2.23. The first kappa shape index (κ1) is 13.7. The number of carbonyl (C=O) groups excluding carboxylic acids is 1. The highest BCUT2D eigenvalue weighted by atomic mass is 16.3. The van der Waals surface area contributed by atoms with Crippen LogP contribution in [-0.4, -0.2) is 17.9 Å². The van der Waals surface area contributed by atoms with Crippen LogP contribution in [0.1, 0.15) is 41.1 Å². The van der Waals surface area contributed by atoms with E-state index < -0.39 is 0 Å². The van der Waals surface area contributed by atoms with Crippen LogP contribution in [0.25, 0.3) is 0 Å². The van der Waals surface area contributed by atoms with Crippen molar-refractivity contribution in [1.29, 1.82) is 0 Å². The number of hydrogen-bond acceptors (Lipinski definition) is 3. The molecule has 3 rings (SSSR count). The molecule has 2 unspecified atom stereocenters. The molecule has 1 aliphatic carbocycles. The van der Waals surface area contributed by atoms with E-state index in [2.05, 4.69) is 6.92 Å². The number of nitrogens with two attached hydrogens (primary N) is 1. The molecule has 2 atom stereocenters. The van der Waals surface area contributed by atoms with E-state index in [-0.39, 0.29) is 5.91 Å². The summed E-state index contributed by atoms with van der Waals surface area (Å²) < 4.78 is 5.84. The molecule has 0 saturated heterocycles. The molecule has 0 aliphatic heterocycles. The standard InChI is InChI=1S/C17H20N2O2/c1-11-9-15(11)16-8-7-14(21-16)10-19(2)17(20)12-3-5-13(18)6-4-12/h3-8,11,15H,9-10,18H2,1-2H3. The van der Waals surface area contributed by atoms with Crippen molar-refractivity contribution < 1.29 is 9.21 Å². The summed E-state index contributed by atoms with van der Waals surface area (Å²) in [4.78, 5) is 14.0. The predicted molar refractivity (Wildman–Crippen MR) is 81.9 cm³/mol. The van der Waals surface area contributed by atoms with Crippen LogP contribution < -0.4 is 5.73 Å². The SMILES string of the molecule is CC1CC1c1ccc(CN(C)C(=O)c2ccc(N)cc2)o1. The molecule has 1 aromatic carbocycles. The Balaban J connectivity index is 1.65. The maximum absolute atomic E-state index is 12.3. The first-order valence-electron chi connectivity index (χ1n) is 7.24. The summed E-state index contributed by atoms with van der Waals surface area (Å²) in [7, 11) is 1.78. The molecule has 2 N–H and O–H groups in total. The zero-order valence-electron chi connectivity index (χ0n) is 12.4. The summed E-state index contributed by atoms with van der Waals surface area (Å²) in [5.41, 5.74) is 6.92. The van der Waals surface area contributed by atoms with E-state index in [4.69, 9.17) is 10.2 Å². The zero-order chi connectivity index (χ0) is 15.0. The Morgan fingerprint density at radius 3 is 2.57 bits per heavy atom. The monoisotopic (exact) mass is 284 g/mol. The molecule has 1 aromatic heterocycles. The van der Waals surface area contributed by atoms with Gasteiger partial charge >= 0.3 is 0 Å². The summed E-state index contributed by atoms with van der Waals surface area (Å²) in [5.74, 6) is 3.13. The van der Waals surface area contributed by atoms with Gasteiger partial charge in [0, 0.05) is 24.2 Å². The lowest BCUT2D eigenvalue weighted by Gasteiger charge is -2.15. The van der Waals surface area contributed by atoms with Gasteiger partial charge in [0.2, 0.25) is 0 Å². The number of furan rings is 1. The Bertz CT molecular complexity index is 645. The average molecular weight is 284 g/mol. The summed E-state index contributed by atoms with van der Waals surface area (Å²) >= 11 is 0. The highest BCUT2D eigenvalue weighted by Crippen LogP contribution is 2.47. The number of rotatable bonds is 4. The second-order valence-corrected chi connectivity index (χ2v) is 5.91. The van der Waals surface area contributed by atoms with Crippen LogP contribution in [0.5, 0.6) is 0 Å². The van der Waals surface area contributed by atoms with E-state index in [0.717, 1.165) is 17.4 Å². The third-order valence-corrected chi connectivity index (χ3v) is 4.05. The summed E-state index contributed by atoms with van der Waals surface area (Å²) in [6.45, 7) is 2.70. The van der Waals surface area contributed by atoms with Gasteiger partial charge < -0.3 is 15.1 Å². The molecule has 0 bridgehead atoms. The smallest absolute Gasteiger partial charge is 0.254 e. The highest BCUT2D eigenvalue weighted by molar-refractivity contribution is 5.94. The Morgan fingerprint density at radius 2 is 1.95 bits per heavy atom. The predicted octanol–water partition coefficient (Wildman–Crippen LogP) is 3.26. The number of carbonyl (C=O) groups is 1. The van der Waals surface area contributed by atoms with Crippen molar-refractivity contribution in [2.45, 2.75) is 25.8 Å². The minimum absolute atomic E-state index is 0.0345. The number of hydrogen-bond donors (Lipinski definition) is 1. The van der Waals surface area contributed by atoms with Crippen LogP contribution >= 0.6 is 0 Å². The van der Waals surface area contributed by atoms with Gasteiger partial charge in [-0.05, 0) is 48.7 Å². The van der Waals surface area contributed by atoms with Crippen LogP contribution in [0.2, 0.25) is 0 Å². The van der Waals surface area contributed by atoms with E-state index in [1.54, 1.807) is 36.2 Å². The number of nitrogen functional groups attached to an aromatic ring is 1. The molecule has 2 aromatic rings. The van der Waals surface area contributed by atoms with Gasteiger partial charge in [0.25, 0.3) is 5.91 Å². The molecule has 4 nitrogen and oxygen atoms in total. The van der Waals surface area contributed by atoms with Crippen LogP contribution in [0.15, 0.2) is 40.8 Å². The molecule has 1 aliphatic rings. The van der Waals surface area contributed by atoms with Crippen molar-refractivity contribution in [3.8, 4) is 0 Å². The first-order valence-corrected chi connectivity index (χ1v) is 7.24. The van der Waals surface area contributed by atoms with Gasteiger partial charge in [0.1, 0.15) is 11.5 Å². The van der Waals surface area contributed by atoms with Gasteiger partial charge in [-0.2, -0.15) is 0 Å². The lowest BCUT2D eigenvalue weighted by atomic mass is 10.2. The topological polar surface area (TPSA) is 59.5 Å². The average Bonchev–Trinajstić information content (AvgIpc) is 3.02. The van der Waals surface area contributed by atoms with Crippen LogP contribution in [0, 0.1) is 5.92 Å². The lowest BCUT2D eigenvalue weighted by Crippen LogP contribution is -2.25. The van der Waals surface area contributed by atoms with E-state index in [9.17, 15) is 4.79 Å². The molecule has 0 spiro atoms. The number of amides is 1. The molecule has 0 radical (unpaired) electrons. The molecule has 1 heterocycles. The van der Waals surface area contributed by atoms with E-state index in [1.807, 2.05) is 12.1 Å². The van der Waals surface area contributed by atoms with Crippen molar-refractivity contribution in [3.63, 3.8) is 0 Å². The fraction of sp³-hybridized carbons (Fsp3) is 0.353. The molecular weight excluding hydrogens is 264 g/mol. The number of anilines is 1. The Labute approximate surface area is 124 Å². The maximum Gasteiger partial charge on any atom is 0.254 e. The lowest BCUT2D eigenvalue weighted by molar-refractivity contribution is 0.0775. The van der Waals surface area contributed by atoms with Crippen LogP contribution in [0.4, 0.5) is 5.69 Å². The summed E-state index contributed by atoms with van der Waals surface area (Å²) in [6.07, 6.45) is 1.20. The van der Waals surface area contributed by atoms with Gasteiger partial charge in [-0.15, -0.1) is 0 Å². The molecule has 110 valence electrons. The number of nitrogens with zero attached hydrogens (tertiary/aromatic N) is 1. The van der Waals surface area contributed by atoms with Crippen molar-refractivity contribution in [1.82, 2.24) is 4.90 Å². The summed E-state index contributed by atoms with van der Waals surface area (Å²) in [5, 5.41) is 0. The molecule has 1 amide bonds. The van der Waals surface area contributed by atoms with Crippen molar-refractivity contribution in [3.05, 3.63) is 53.5 Å². The highest BCUT2D eigenvalue weighted by Gasteiger charge is 2.36. The van der Waals surface area contributed by atoms with Gasteiger partial charge in [0.15, 0.2) is 0 Å². The third-order valence-electron chi connectivity index (χ3n) is 4.05. The third kappa shape index (κ3) is 2.94. The van der Waals surface area contributed by atoms with Crippen molar-refractivity contribution >= 4 is 11.6 Å². The first-order chi connectivity index (χ1) is 10.0. The van der Waals surface area contributed by atoms with E-state index >= 15 is 0 Å². The second-order valence-electron chi connectivity index (χ2n) is 5.91. The van der Waals surface area contributed by atoms with Gasteiger partial charge in [-0.1, -0.05) is 6.92 Å². The largest absolute Gasteiger partial charge is 0.464 e. The second kappa shape index (κ2) is 5.28. The Morgan fingerprint density at radius 1 is 1.29 bits per heavy atom. The minimum Gasteiger partial charge on any atom is -0.464 e. The maximum atomic E-state index is 12.3. The van der Waals surface area contributed by atoms with Gasteiger partial charge in [0.05, 0.1) is 6.54 Å². The normalized spacial score (nSPS) is 20.3. The Kier molecular flexibility index (Phi) is 3.45.